The first-order chi connectivity index (χ1) is 20.1. The van der Waals surface area contributed by atoms with E-state index in [1.165, 1.54) is 42.2 Å². The van der Waals surface area contributed by atoms with Crippen LogP contribution >= 0.6 is 0 Å². The monoisotopic (exact) mass is 553 g/mol. The van der Waals surface area contributed by atoms with E-state index in [4.69, 9.17) is 15.7 Å². The van der Waals surface area contributed by atoms with E-state index in [0.717, 1.165) is 68.6 Å². The van der Waals surface area contributed by atoms with Crippen LogP contribution in [0.1, 0.15) is 49.8 Å². The molecule has 0 bridgehead atoms. The lowest BCUT2D eigenvalue weighted by atomic mass is 9.92. The first-order valence-corrected chi connectivity index (χ1v) is 14.9. The van der Waals surface area contributed by atoms with Gasteiger partial charge in [0.25, 0.3) is 5.95 Å². The summed E-state index contributed by atoms with van der Waals surface area (Å²) in [5, 5.41) is 7.67. The molecule has 4 heterocycles. The van der Waals surface area contributed by atoms with Crippen LogP contribution in [0.15, 0.2) is 48.5 Å². The predicted molar refractivity (Wildman–Crippen MR) is 159 cm³/mol. The topological polar surface area (TPSA) is 101 Å². The summed E-state index contributed by atoms with van der Waals surface area (Å²) in [7, 11) is 0. The van der Waals surface area contributed by atoms with E-state index in [-0.39, 0.29) is 17.7 Å². The average molecular weight is 554 g/mol. The zero-order valence-electron chi connectivity index (χ0n) is 23.3. The fourth-order valence-electron chi connectivity index (χ4n) is 6.58. The quantitative estimate of drug-likeness (QED) is 0.339. The number of nitrogens with one attached hydrogen (secondary N) is 1. The van der Waals surface area contributed by atoms with Gasteiger partial charge in [0.1, 0.15) is 5.82 Å². The van der Waals surface area contributed by atoms with Gasteiger partial charge in [-0.25, -0.2) is 14.4 Å². The van der Waals surface area contributed by atoms with Crippen molar-refractivity contribution in [3.63, 3.8) is 0 Å². The third-order valence-electron chi connectivity index (χ3n) is 8.71. The first kappa shape index (κ1) is 25.9. The van der Waals surface area contributed by atoms with Crippen molar-refractivity contribution in [2.24, 2.45) is 0 Å². The number of benzene rings is 2. The van der Waals surface area contributed by atoms with Gasteiger partial charge in [0.2, 0.25) is 11.9 Å². The summed E-state index contributed by atoms with van der Waals surface area (Å²) in [6.45, 7) is 4.17. The Labute approximate surface area is 239 Å². The highest BCUT2D eigenvalue weighted by Gasteiger charge is 2.27. The van der Waals surface area contributed by atoms with E-state index < -0.39 is 0 Å². The summed E-state index contributed by atoms with van der Waals surface area (Å²) >= 11 is 0. The maximum atomic E-state index is 15.3. The third-order valence-corrected chi connectivity index (χ3v) is 8.71. The van der Waals surface area contributed by atoms with Crippen LogP contribution in [0.3, 0.4) is 0 Å². The van der Waals surface area contributed by atoms with Gasteiger partial charge in [-0.1, -0.05) is 30.3 Å². The zero-order valence-corrected chi connectivity index (χ0v) is 23.3. The SMILES string of the molecule is Nc1nc(Nc2ccc(N3CCC(N4CCCC4)CC3)c(F)c2)nn1-c1nc2c(c(-c3ccccc3)n1)CCCC2. The number of aromatic nitrogens is 5. The number of likely N-dealkylation sites (tertiary alicyclic amines) is 1. The van der Waals surface area contributed by atoms with E-state index in [0.29, 0.717) is 23.4 Å². The van der Waals surface area contributed by atoms with Crippen molar-refractivity contribution in [1.29, 1.82) is 0 Å². The van der Waals surface area contributed by atoms with Crippen molar-refractivity contribution in [3.05, 3.63) is 65.6 Å². The number of nitrogens with zero attached hydrogens (tertiary/aromatic N) is 7. The standard InChI is InChI=1S/C31H36FN9/c32-25-20-22(12-13-27(25)40-18-14-23(15-19-40)39-16-6-7-17-39)34-30-37-29(33)41(38-30)31-35-26-11-5-4-10-24(26)28(36-31)21-8-2-1-3-9-21/h1-3,8-9,12-13,20,23H,4-7,10-11,14-19H2,(H3,33,34,37,38). The van der Waals surface area contributed by atoms with Gasteiger partial charge < -0.3 is 20.9 Å². The Morgan fingerprint density at radius 2 is 1.63 bits per heavy atom. The average Bonchev–Trinajstić information content (AvgIpc) is 3.67. The number of fused-ring (bicyclic) bond motifs is 1. The molecule has 3 aliphatic rings. The van der Waals surface area contributed by atoms with Crippen LogP contribution in [0.4, 0.5) is 27.7 Å². The lowest BCUT2D eigenvalue weighted by Gasteiger charge is -2.37. The molecule has 2 aromatic heterocycles. The van der Waals surface area contributed by atoms with Crippen molar-refractivity contribution in [3.8, 4) is 17.2 Å². The minimum absolute atomic E-state index is 0.167. The molecule has 3 N–H and O–H groups in total. The number of piperidine rings is 1. The molecule has 7 rings (SSSR count). The molecule has 2 saturated heterocycles. The largest absolute Gasteiger partial charge is 0.369 e. The van der Waals surface area contributed by atoms with Gasteiger partial charge in [-0.2, -0.15) is 9.67 Å². The summed E-state index contributed by atoms with van der Waals surface area (Å²) in [6.07, 6.45) is 8.84. The van der Waals surface area contributed by atoms with Crippen molar-refractivity contribution in [2.75, 3.05) is 42.1 Å². The van der Waals surface area contributed by atoms with E-state index in [1.54, 1.807) is 0 Å². The molecule has 2 fully saturated rings. The summed E-state index contributed by atoms with van der Waals surface area (Å²) in [4.78, 5) is 18.9. The second-order valence-corrected chi connectivity index (χ2v) is 11.3. The molecule has 0 atom stereocenters. The number of aryl methyl sites for hydroxylation is 1. The maximum absolute atomic E-state index is 15.3. The number of nitrogens with two attached hydrogens (primary N) is 1. The molecular formula is C31H36FN9. The maximum Gasteiger partial charge on any atom is 0.254 e. The van der Waals surface area contributed by atoms with Crippen LogP contribution in [0, 0.1) is 5.82 Å². The molecule has 0 unspecified atom stereocenters. The lowest BCUT2D eigenvalue weighted by molar-refractivity contribution is 0.207. The Kier molecular flexibility index (Phi) is 7.00. The van der Waals surface area contributed by atoms with Crippen LogP contribution in [0.2, 0.25) is 0 Å². The highest BCUT2D eigenvalue weighted by molar-refractivity contribution is 5.65. The Bertz CT molecular complexity index is 1520. The molecule has 212 valence electrons. The molecule has 0 saturated carbocycles. The summed E-state index contributed by atoms with van der Waals surface area (Å²) in [5.41, 5.74) is 11.7. The number of halogens is 1. The van der Waals surface area contributed by atoms with Gasteiger partial charge in [0.05, 0.1) is 11.4 Å². The molecule has 0 amide bonds. The van der Waals surface area contributed by atoms with Gasteiger partial charge in [-0.15, -0.1) is 5.10 Å². The molecular weight excluding hydrogens is 517 g/mol. The smallest absolute Gasteiger partial charge is 0.254 e. The second-order valence-electron chi connectivity index (χ2n) is 11.3. The molecule has 4 aromatic rings. The highest BCUT2D eigenvalue weighted by atomic mass is 19.1. The van der Waals surface area contributed by atoms with Crippen molar-refractivity contribution in [1.82, 2.24) is 29.6 Å². The first-order valence-electron chi connectivity index (χ1n) is 14.9. The molecule has 10 heteroatoms. The van der Waals surface area contributed by atoms with Crippen LogP contribution < -0.4 is 16.0 Å². The molecule has 0 radical (unpaired) electrons. The minimum Gasteiger partial charge on any atom is -0.369 e. The van der Waals surface area contributed by atoms with Crippen LogP contribution in [0.5, 0.6) is 0 Å². The van der Waals surface area contributed by atoms with Crippen LogP contribution in [-0.2, 0) is 12.8 Å². The molecule has 2 aromatic carbocycles. The molecule has 9 nitrogen and oxygen atoms in total. The van der Waals surface area contributed by atoms with Crippen molar-refractivity contribution in [2.45, 2.75) is 57.4 Å². The van der Waals surface area contributed by atoms with Crippen LogP contribution in [0.25, 0.3) is 17.2 Å². The Morgan fingerprint density at radius 3 is 2.41 bits per heavy atom. The minimum atomic E-state index is -0.257. The van der Waals surface area contributed by atoms with Gasteiger partial charge >= 0.3 is 0 Å². The van der Waals surface area contributed by atoms with Crippen LogP contribution in [-0.4, -0.2) is 61.9 Å². The third kappa shape index (κ3) is 5.24. The number of hydrogen-bond acceptors (Lipinski definition) is 8. The molecule has 41 heavy (non-hydrogen) atoms. The Morgan fingerprint density at radius 1 is 0.854 bits per heavy atom. The van der Waals surface area contributed by atoms with Crippen molar-refractivity contribution >= 4 is 23.3 Å². The summed E-state index contributed by atoms with van der Waals surface area (Å²) < 4.78 is 16.7. The van der Waals surface area contributed by atoms with Gasteiger partial charge in [0, 0.05) is 41.6 Å². The second kappa shape index (κ2) is 11.1. The predicted octanol–water partition coefficient (Wildman–Crippen LogP) is 5.13. The molecule has 1 aliphatic carbocycles. The highest BCUT2D eigenvalue weighted by Crippen LogP contribution is 2.32. The van der Waals surface area contributed by atoms with E-state index in [1.807, 2.05) is 30.3 Å². The number of anilines is 4. The number of hydrogen-bond donors (Lipinski definition) is 2. The zero-order chi connectivity index (χ0) is 27.8. The van der Waals surface area contributed by atoms with E-state index >= 15 is 4.39 Å². The summed E-state index contributed by atoms with van der Waals surface area (Å²) in [5.74, 6) is 0.567. The van der Waals surface area contributed by atoms with Gasteiger partial charge in [0.15, 0.2) is 0 Å². The van der Waals surface area contributed by atoms with Gasteiger partial charge in [-0.05, 0) is 82.7 Å². The van der Waals surface area contributed by atoms with Crippen molar-refractivity contribution < 1.29 is 4.39 Å². The summed E-state index contributed by atoms with van der Waals surface area (Å²) in [6, 6.07) is 16.0. The molecule has 2 aliphatic heterocycles. The normalized spacial score (nSPS) is 18.0. The molecule has 0 spiro atoms. The van der Waals surface area contributed by atoms with E-state index in [9.17, 15) is 0 Å². The van der Waals surface area contributed by atoms with E-state index in [2.05, 4.69) is 37.3 Å². The number of rotatable bonds is 6. The van der Waals surface area contributed by atoms with Gasteiger partial charge in [-0.3, -0.25) is 0 Å². The fourth-order valence-corrected chi connectivity index (χ4v) is 6.58. The lowest BCUT2D eigenvalue weighted by Crippen LogP contribution is -2.44. The fraction of sp³-hybridized carbons (Fsp3) is 0.419. The number of nitrogen functional groups attached to an aromatic ring is 1. The Hall–Kier alpha value is -4.05. The Balaban J connectivity index is 1.09.